The second-order valence-corrected chi connectivity index (χ2v) is 17.0. The second kappa shape index (κ2) is 24.2. The molecule has 1 heterocycles. The summed E-state index contributed by atoms with van der Waals surface area (Å²) in [5.41, 5.74) is 1.55. The van der Waals surface area contributed by atoms with Gasteiger partial charge in [-0.2, -0.15) is 13.2 Å². The van der Waals surface area contributed by atoms with E-state index in [-0.39, 0.29) is 37.8 Å². The number of rotatable bonds is 24. The van der Waals surface area contributed by atoms with Crippen LogP contribution >= 0.6 is 20.7 Å². The first-order chi connectivity index (χ1) is 28.7. The molecule has 1 fully saturated rings. The summed E-state index contributed by atoms with van der Waals surface area (Å²) in [6.07, 6.45) is -0.887. The number of unbranched alkanes of at least 4 members (excludes halogenated alkanes) is 4. The number of nitrogens with zero attached hydrogens (tertiary/aromatic N) is 2. The Balaban J connectivity index is 1.64. The van der Waals surface area contributed by atoms with E-state index in [1.165, 1.54) is 5.32 Å². The van der Waals surface area contributed by atoms with E-state index in [0.29, 0.717) is 30.9 Å². The zero-order chi connectivity index (χ0) is 43.7. The highest BCUT2D eigenvalue weighted by molar-refractivity contribution is 7.80. The molecule has 16 heteroatoms. The molecule has 0 aromatic heterocycles. The molecule has 3 aromatic rings. The van der Waals surface area contributed by atoms with Crippen LogP contribution in [0.4, 0.5) is 13.2 Å². The van der Waals surface area contributed by atoms with Gasteiger partial charge < -0.3 is 38.2 Å². The Morgan fingerprint density at radius 2 is 1.42 bits per heavy atom. The van der Waals surface area contributed by atoms with Crippen LogP contribution in [-0.2, 0) is 24.1 Å². The van der Waals surface area contributed by atoms with Crippen molar-refractivity contribution >= 4 is 33.7 Å². The summed E-state index contributed by atoms with van der Waals surface area (Å²) in [5, 5.41) is 3.50. The Kier molecular flexibility index (Phi) is 19.9. The first kappa shape index (κ1) is 49.2. The summed E-state index contributed by atoms with van der Waals surface area (Å²) in [7, 11) is 8.49. The van der Waals surface area contributed by atoms with Crippen molar-refractivity contribution in [2.45, 2.75) is 108 Å². The van der Waals surface area contributed by atoms with Gasteiger partial charge in [-0.1, -0.05) is 80.3 Å². The van der Waals surface area contributed by atoms with Crippen LogP contribution < -0.4 is 20.1 Å². The van der Waals surface area contributed by atoms with Gasteiger partial charge in [-0.25, -0.2) is 11.2 Å². The monoisotopic (exact) mass is 870 g/mol. The van der Waals surface area contributed by atoms with Crippen molar-refractivity contribution in [1.82, 2.24) is 15.3 Å². The number of thiocarbonyl (C=S) groups is 1. The molecule has 2 unspecified atom stereocenters. The average Bonchev–Trinajstić information content (AvgIpc) is 3.51. The van der Waals surface area contributed by atoms with Crippen molar-refractivity contribution in [2.75, 3.05) is 40.5 Å². The summed E-state index contributed by atoms with van der Waals surface area (Å²) in [6.45, 7) is 16.6. The summed E-state index contributed by atoms with van der Waals surface area (Å²) in [4.78, 5) is 3.52. The van der Waals surface area contributed by atoms with Gasteiger partial charge in [-0.05, 0) is 93.7 Å². The van der Waals surface area contributed by atoms with Crippen molar-refractivity contribution < 1.29 is 41.2 Å². The van der Waals surface area contributed by atoms with E-state index in [2.05, 4.69) is 42.5 Å². The fourth-order valence-electron chi connectivity index (χ4n) is 7.54. The molecule has 0 saturated carbocycles. The van der Waals surface area contributed by atoms with Crippen LogP contribution in [0.5, 0.6) is 11.5 Å². The van der Waals surface area contributed by atoms with Crippen molar-refractivity contribution in [3.8, 4) is 11.5 Å². The molecule has 326 valence electrons. The van der Waals surface area contributed by atoms with Crippen molar-refractivity contribution in [3.63, 3.8) is 0 Å². The van der Waals surface area contributed by atoms with Crippen LogP contribution in [0.1, 0.15) is 82.9 Å². The minimum atomic E-state index is -4.56. The lowest BCUT2D eigenvalue weighted by molar-refractivity contribution is -0.141. The van der Waals surface area contributed by atoms with Crippen LogP contribution in [0.25, 0.3) is 4.85 Å². The van der Waals surface area contributed by atoms with Gasteiger partial charge >= 0.3 is 6.30 Å². The molecule has 1 aliphatic rings. The minimum absolute atomic E-state index is 0.0807. The Bertz CT molecular complexity index is 1700. The fourth-order valence-corrected chi connectivity index (χ4v) is 9.55. The molecule has 5 atom stereocenters. The molecule has 0 bridgehead atoms. The fraction of sp³-hybridized carbons (Fsp3) is 0.545. The zero-order valence-electron chi connectivity index (χ0n) is 35.5. The number of ether oxygens (including phenoxy) is 4. The number of alkyl halides is 3. The maximum atomic E-state index is 12.5. The molecule has 2 radical (unpaired) electrons. The summed E-state index contributed by atoms with van der Waals surface area (Å²) < 4.78 is 78.3. The van der Waals surface area contributed by atoms with Gasteiger partial charge in [0.15, 0.2) is 5.11 Å². The summed E-state index contributed by atoms with van der Waals surface area (Å²) in [5.74, 6) is 1.21. The first-order valence-corrected chi connectivity index (χ1v) is 22.0. The van der Waals surface area contributed by atoms with E-state index >= 15 is 0 Å². The highest BCUT2D eigenvalue weighted by atomic mass is 32.1. The zero-order valence-corrected chi connectivity index (χ0v) is 37.2. The summed E-state index contributed by atoms with van der Waals surface area (Å²) in [6, 6.07) is 25.2. The van der Waals surface area contributed by atoms with Gasteiger partial charge in [0.25, 0.3) is 8.53 Å². The molecule has 0 spiro atoms. The average molecular weight is 871 g/mol. The maximum Gasteiger partial charge on any atom is 0.484 e. The molecule has 60 heavy (non-hydrogen) atoms. The molecular formula is C44H59BF3N4O6PS. The molecule has 3 aromatic carbocycles. The van der Waals surface area contributed by atoms with Crippen LogP contribution in [0.15, 0.2) is 78.9 Å². The Morgan fingerprint density at radius 1 is 0.867 bits per heavy atom. The molecule has 10 nitrogen and oxygen atoms in total. The normalized spacial score (nSPS) is 18.7. The number of hydrogen-bond acceptors (Lipinski definition) is 8. The number of nitrogens with one attached hydrogen (secondary N) is 2. The topological polar surface area (TPSA) is 87.0 Å². The smallest absolute Gasteiger partial charge is 0.484 e. The van der Waals surface area contributed by atoms with Crippen molar-refractivity contribution in [2.24, 2.45) is 5.92 Å². The van der Waals surface area contributed by atoms with Gasteiger partial charge in [-0.3, -0.25) is 5.32 Å². The van der Waals surface area contributed by atoms with Gasteiger partial charge in [-0.15, -0.1) is 0 Å². The molecule has 1 aliphatic heterocycles. The van der Waals surface area contributed by atoms with Gasteiger partial charge in [0.1, 0.15) is 37.7 Å². The molecule has 0 amide bonds. The highest BCUT2D eigenvalue weighted by Crippen LogP contribution is 2.51. The number of halogens is 3. The molecular weight excluding hydrogens is 811 g/mol. The Labute approximate surface area is 362 Å². The lowest BCUT2D eigenvalue weighted by Crippen LogP contribution is -2.44. The third-order valence-electron chi connectivity index (χ3n) is 10.3. The first-order valence-electron chi connectivity index (χ1n) is 20.5. The quantitative estimate of drug-likeness (QED) is 0.0173. The Morgan fingerprint density at radius 3 is 1.95 bits per heavy atom. The van der Waals surface area contributed by atoms with E-state index < -0.39 is 43.8 Å². The van der Waals surface area contributed by atoms with Crippen molar-refractivity contribution in [1.29, 1.82) is 0 Å². The molecule has 1 saturated heterocycles. The summed E-state index contributed by atoms with van der Waals surface area (Å²) >= 11 is 4.73. The van der Waals surface area contributed by atoms with Crippen LogP contribution in [-0.4, -0.2) is 94.7 Å². The van der Waals surface area contributed by atoms with E-state index in [9.17, 15) is 13.2 Å². The third kappa shape index (κ3) is 14.0. The molecule has 4 rings (SSSR count). The predicted octanol–water partition coefficient (Wildman–Crippen LogP) is 9.51. The lowest BCUT2D eigenvalue weighted by Gasteiger charge is -2.39. The predicted molar refractivity (Wildman–Crippen MR) is 235 cm³/mol. The Hall–Kier alpha value is -3.48. The van der Waals surface area contributed by atoms with Gasteiger partial charge in [0.2, 0.25) is 6.54 Å². The van der Waals surface area contributed by atoms with E-state index in [0.717, 1.165) is 42.4 Å². The van der Waals surface area contributed by atoms with E-state index in [1.54, 1.807) is 14.2 Å². The van der Waals surface area contributed by atoms with Crippen molar-refractivity contribution in [3.05, 3.63) is 107 Å². The largest absolute Gasteiger partial charge is 0.497 e. The standard InChI is InChI=1S/C44H59BF3N4O6PS/c1-31(2)52(32(3)4)59(56-29-28-49-5)58-40-38(18-14-9-8-10-15-27-50-42(60)51-44(46,47)48)41(45)57-39(40)30-55-43(33-16-12-11-13-17-33,34-19-23-36(53-6)24-20-34)35-21-25-37(54-7)26-22-35/h11-13,16-17,19-26,31-32,38-41H,8-10,14-15,18,27-30H2,1-4,6-7H3,(H2,50,51,60)/t38?,39-,40-,41-,59?/m1/s1. The molecule has 2 N–H and O–H groups in total. The number of methoxy groups -OCH3 is 2. The highest BCUT2D eigenvalue weighted by Gasteiger charge is 2.47. The number of hydrogen-bond donors (Lipinski definition) is 2. The van der Waals surface area contributed by atoms with Crippen LogP contribution in [0, 0.1) is 12.5 Å². The third-order valence-corrected chi connectivity index (χ3v) is 12.7. The van der Waals surface area contributed by atoms with Crippen LogP contribution in [0.2, 0.25) is 0 Å². The lowest BCUT2D eigenvalue weighted by atomic mass is 9.79. The SMILES string of the molecule is [B][C@@H]1O[C@H](COC(c2ccccc2)(c2ccc(OC)cc2)c2ccc(OC)cc2)[C@H](OP(OCC[N+]#[C-])N(C(C)C)C(C)C)C1CCCCCCCNC(=S)NC(F)(F)F. The van der Waals surface area contributed by atoms with Gasteiger partial charge in [0, 0.05) is 30.5 Å². The molecule has 0 aliphatic carbocycles. The number of benzene rings is 3. The van der Waals surface area contributed by atoms with Gasteiger partial charge in [0.05, 0.1) is 26.9 Å². The second-order valence-electron chi connectivity index (χ2n) is 15.1. The van der Waals surface area contributed by atoms with Crippen LogP contribution in [0.3, 0.4) is 0 Å². The van der Waals surface area contributed by atoms with E-state index in [4.69, 9.17) is 54.6 Å². The minimum Gasteiger partial charge on any atom is -0.497 e. The maximum absolute atomic E-state index is 12.5. The van der Waals surface area contributed by atoms with E-state index in [1.807, 2.05) is 78.9 Å².